The smallest absolute Gasteiger partial charge is 0.275 e. The summed E-state index contributed by atoms with van der Waals surface area (Å²) >= 11 is 17.3. The van der Waals surface area contributed by atoms with Gasteiger partial charge in [0.25, 0.3) is 5.85 Å². The molecule has 6 heteroatoms. The molecule has 0 aliphatic rings. The van der Waals surface area contributed by atoms with Gasteiger partial charge in [0.05, 0.1) is 5.88 Å². The minimum absolute atomic E-state index is 0.296. The molecule has 60 valence electrons. The van der Waals surface area contributed by atoms with Crippen LogP contribution in [-0.2, 0) is 4.57 Å². The van der Waals surface area contributed by atoms with Crippen molar-refractivity contribution in [3.63, 3.8) is 0 Å². The van der Waals surface area contributed by atoms with Gasteiger partial charge in [-0.3, -0.25) is 4.57 Å². The largest absolute Gasteiger partial charge is 0.285 e. The van der Waals surface area contributed by atoms with Crippen molar-refractivity contribution in [2.24, 2.45) is 0 Å². The van der Waals surface area contributed by atoms with Gasteiger partial charge in [-0.2, -0.15) is 0 Å². The first-order valence-electron chi connectivity index (χ1n) is 2.30. The molecule has 0 aliphatic heterocycles. The van der Waals surface area contributed by atoms with Crippen LogP contribution < -0.4 is 0 Å². The summed E-state index contributed by atoms with van der Waals surface area (Å²) in [5.41, 5.74) is 0. The molecule has 0 saturated heterocycles. The van der Waals surface area contributed by atoms with Crippen LogP contribution in [0.4, 0.5) is 0 Å². The van der Waals surface area contributed by atoms with Crippen LogP contribution in [0.1, 0.15) is 0 Å². The van der Waals surface area contributed by atoms with Crippen LogP contribution in [0.15, 0.2) is 10.7 Å². The van der Waals surface area contributed by atoms with Gasteiger partial charge in [0.2, 0.25) is 0 Å². The summed E-state index contributed by atoms with van der Waals surface area (Å²) in [5.74, 6) is -1.48. The summed E-state index contributed by atoms with van der Waals surface area (Å²) in [6, 6.07) is 0. The fourth-order valence-electron chi connectivity index (χ4n) is 0.309. The quantitative estimate of drug-likeness (QED) is 0.545. The van der Waals surface area contributed by atoms with Crippen molar-refractivity contribution in [3.05, 3.63) is 10.7 Å². The Kier molecular flexibility index (Phi) is 5.54. The number of allylic oxidation sites excluding steroid dienone is 1. The third-order valence-electron chi connectivity index (χ3n) is 0.688. The van der Waals surface area contributed by atoms with E-state index in [1.165, 1.54) is 17.6 Å². The Balaban J connectivity index is 4.26. The molecule has 1 nitrogen and oxygen atoms in total. The van der Waals surface area contributed by atoms with Gasteiger partial charge >= 0.3 is 0 Å². The molecule has 0 aromatic heterocycles. The summed E-state index contributed by atoms with van der Waals surface area (Å²) in [6.45, 7) is 0. The molecule has 0 aromatic carbocycles. The van der Waals surface area contributed by atoms with Gasteiger partial charge in [0.1, 0.15) is 0 Å². The zero-order valence-electron chi connectivity index (χ0n) is 5.18. The second-order valence-electron chi connectivity index (χ2n) is 1.44. The first kappa shape index (κ1) is 11.2. The molecular formula is C4H6Cl3OPS. The standard InChI is InChI=1S/C4H6Cl3OPS/c1-10-4(2-5)3-9(6,7)8/h3H,2H2,1H3/b4-3+. The van der Waals surface area contributed by atoms with Crippen LogP contribution in [0.2, 0.25) is 0 Å². The minimum Gasteiger partial charge on any atom is -0.285 e. The fourth-order valence-corrected chi connectivity index (χ4v) is 3.28. The van der Waals surface area contributed by atoms with Gasteiger partial charge in [-0.25, -0.2) is 0 Å². The molecule has 0 spiro atoms. The summed E-state index contributed by atoms with van der Waals surface area (Å²) in [5, 5.41) is 0. The average Bonchev–Trinajstić information content (AvgIpc) is 1.81. The maximum Gasteiger partial charge on any atom is 0.275 e. The lowest BCUT2D eigenvalue weighted by atomic mass is 10.7. The Morgan fingerprint density at radius 1 is 1.70 bits per heavy atom. The van der Waals surface area contributed by atoms with Crippen molar-refractivity contribution in [2.45, 2.75) is 0 Å². The summed E-state index contributed by atoms with van der Waals surface area (Å²) in [4.78, 5) is 0.731. The molecule has 0 saturated carbocycles. The predicted octanol–water partition coefficient (Wildman–Crippen LogP) is 4.10. The SMILES string of the molecule is CS/C(=C/P(=O)(Cl)Cl)CCl. The van der Waals surface area contributed by atoms with Crippen molar-refractivity contribution in [2.75, 3.05) is 12.1 Å². The highest BCUT2D eigenvalue weighted by atomic mass is 35.9. The van der Waals surface area contributed by atoms with Gasteiger partial charge in [0, 0.05) is 10.7 Å². The van der Waals surface area contributed by atoms with E-state index >= 15 is 0 Å². The van der Waals surface area contributed by atoms with Gasteiger partial charge in [-0.1, -0.05) is 0 Å². The normalized spacial score (nSPS) is 13.8. The number of alkyl halides is 1. The van der Waals surface area contributed by atoms with E-state index in [0.29, 0.717) is 5.88 Å². The van der Waals surface area contributed by atoms with Crippen molar-refractivity contribution < 1.29 is 4.57 Å². The molecule has 0 amide bonds. The van der Waals surface area contributed by atoms with E-state index in [1.807, 2.05) is 6.26 Å². The van der Waals surface area contributed by atoms with Gasteiger partial charge < -0.3 is 0 Å². The molecule has 0 atom stereocenters. The first-order valence-corrected chi connectivity index (χ1v) is 7.65. The van der Waals surface area contributed by atoms with Crippen LogP contribution in [0.5, 0.6) is 0 Å². The van der Waals surface area contributed by atoms with Crippen molar-refractivity contribution in [1.29, 1.82) is 0 Å². The summed E-state index contributed by atoms with van der Waals surface area (Å²) in [6.07, 6.45) is 1.82. The second-order valence-corrected chi connectivity index (χ2v) is 7.43. The van der Waals surface area contributed by atoms with E-state index in [-0.39, 0.29) is 0 Å². The Morgan fingerprint density at radius 3 is 2.30 bits per heavy atom. The topological polar surface area (TPSA) is 17.1 Å². The Labute approximate surface area is 79.1 Å². The lowest BCUT2D eigenvalue weighted by molar-refractivity contribution is 0.597. The molecule has 0 rings (SSSR count). The van der Waals surface area contributed by atoms with E-state index in [0.717, 1.165) is 4.91 Å². The van der Waals surface area contributed by atoms with Crippen LogP contribution >= 0.6 is 51.7 Å². The second kappa shape index (κ2) is 4.95. The lowest BCUT2D eigenvalue weighted by Gasteiger charge is -1.97. The number of thioether (sulfide) groups is 1. The predicted molar refractivity (Wildman–Crippen MR) is 51.6 cm³/mol. The third kappa shape index (κ3) is 5.94. The third-order valence-corrected chi connectivity index (χ3v) is 3.29. The molecule has 0 aliphatic carbocycles. The van der Waals surface area contributed by atoms with E-state index in [4.69, 9.17) is 34.1 Å². The highest BCUT2D eigenvalue weighted by Gasteiger charge is 2.09. The molecule has 0 unspecified atom stereocenters. The van der Waals surface area contributed by atoms with E-state index in [2.05, 4.69) is 0 Å². The van der Waals surface area contributed by atoms with E-state index in [9.17, 15) is 4.57 Å². The van der Waals surface area contributed by atoms with Crippen molar-refractivity contribution in [3.8, 4) is 0 Å². The molecule has 0 fully saturated rings. The molecule has 10 heavy (non-hydrogen) atoms. The van der Waals surface area contributed by atoms with Crippen LogP contribution in [-0.4, -0.2) is 12.1 Å². The lowest BCUT2D eigenvalue weighted by Crippen LogP contribution is -1.73. The van der Waals surface area contributed by atoms with Gasteiger partial charge in [-0.15, -0.1) is 23.4 Å². The number of halogens is 3. The van der Waals surface area contributed by atoms with Crippen LogP contribution in [0, 0.1) is 0 Å². The maximum atomic E-state index is 10.7. The van der Waals surface area contributed by atoms with Crippen LogP contribution in [0.25, 0.3) is 0 Å². The summed E-state index contributed by atoms with van der Waals surface area (Å²) < 4.78 is 10.7. The monoisotopic (exact) mass is 238 g/mol. The first-order chi connectivity index (χ1) is 4.49. The highest BCUT2D eigenvalue weighted by molar-refractivity contribution is 8.11. The number of rotatable bonds is 3. The zero-order chi connectivity index (χ0) is 8.20. The molecule has 0 heterocycles. The minimum atomic E-state index is -3.08. The highest BCUT2D eigenvalue weighted by Crippen LogP contribution is 2.59. The van der Waals surface area contributed by atoms with E-state index < -0.39 is 5.85 Å². The molecular weight excluding hydrogens is 233 g/mol. The Morgan fingerprint density at radius 2 is 2.20 bits per heavy atom. The van der Waals surface area contributed by atoms with Gasteiger partial charge in [-0.05, 0) is 28.7 Å². The molecule has 0 radical (unpaired) electrons. The van der Waals surface area contributed by atoms with Crippen molar-refractivity contribution >= 4 is 51.7 Å². The zero-order valence-corrected chi connectivity index (χ0v) is 9.16. The molecule has 0 aromatic rings. The average molecular weight is 239 g/mol. The van der Waals surface area contributed by atoms with Crippen LogP contribution in [0.3, 0.4) is 0 Å². The molecule has 0 bridgehead atoms. The fraction of sp³-hybridized carbons (Fsp3) is 0.500. The Bertz CT molecular complexity index is 169. The van der Waals surface area contributed by atoms with E-state index in [1.54, 1.807) is 0 Å². The van der Waals surface area contributed by atoms with Crippen molar-refractivity contribution in [1.82, 2.24) is 0 Å². The Hall–Kier alpha value is 1.19. The number of hydrogen-bond acceptors (Lipinski definition) is 2. The maximum absolute atomic E-state index is 10.7. The summed E-state index contributed by atoms with van der Waals surface area (Å²) in [7, 11) is 0. The molecule has 0 N–H and O–H groups in total. The number of hydrogen-bond donors (Lipinski definition) is 0. The van der Waals surface area contributed by atoms with Gasteiger partial charge in [0.15, 0.2) is 0 Å².